The number of rotatable bonds is 1. The number of aryl methyl sites for hydroxylation is 1. The molecule has 1 aliphatic heterocycles. The Morgan fingerprint density at radius 2 is 2.32 bits per heavy atom. The van der Waals surface area contributed by atoms with Gasteiger partial charge in [0.2, 0.25) is 0 Å². The van der Waals surface area contributed by atoms with E-state index in [1.807, 2.05) is 6.92 Å². The summed E-state index contributed by atoms with van der Waals surface area (Å²) in [7, 11) is 0. The van der Waals surface area contributed by atoms with E-state index in [-0.39, 0.29) is 5.91 Å². The molecule has 0 bridgehead atoms. The van der Waals surface area contributed by atoms with Crippen LogP contribution in [0.2, 0.25) is 5.02 Å². The van der Waals surface area contributed by atoms with Crippen LogP contribution in [0.25, 0.3) is 0 Å². The summed E-state index contributed by atoms with van der Waals surface area (Å²) in [6.07, 6.45) is 0.789. The van der Waals surface area contributed by atoms with Gasteiger partial charge >= 0.3 is 0 Å². The van der Waals surface area contributed by atoms with Crippen molar-refractivity contribution in [3.05, 3.63) is 51.9 Å². The maximum absolute atomic E-state index is 12.4. The molecule has 0 N–H and O–H groups in total. The average Bonchev–Trinajstić information content (AvgIpc) is 2.79. The van der Waals surface area contributed by atoms with Gasteiger partial charge in [-0.2, -0.15) is 0 Å². The molecular formula is C14H13ClN2O2. The van der Waals surface area contributed by atoms with Crippen LogP contribution >= 0.6 is 11.6 Å². The number of fused-ring (bicyclic) bond motifs is 1. The number of hydrogen-bond acceptors (Lipinski definition) is 3. The second kappa shape index (κ2) is 4.70. The van der Waals surface area contributed by atoms with Gasteiger partial charge in [0, 0.05) is 22.7 Å². The maximum Gasteiger partial charge on any atom is 0.254 e. The molecule has 4 nitrogen and oxygen atoms in total. The molecule has 1 aromatic carbocycles. The van der Waals surface area contributed by atoms with Gasteiger partial charge in [-0.05, 0) is 31.5 Å². The van der Waals surface area contributed by atoms with Crippen LogP contribution < -0.4 is 0 Å². The first-order valence-corrected chi connectivity index (χ1v) is 6.52. The number of carbonyl (C=O) groups is 1. The fraction of sp³-hybridized carbons (Fsp3) is 0.286. The van der Waals surface area contributed by atoms with E-state index in [4.69, 9.17) is 16.1 Å². The number of aromatic nitrogens is 1. The smallest absolute Gasteiger partial charge is 0.254 e. The Hall–Kier alpha value is -1.81. The van der Waals surface area contributed by atoms with E-state index in [0.29, 0.717) is 23.7 Å². The van der Waals surface area contributed by atoms with Gasteiger partial charge in [-0.25, -0.2) is 0 Å². The Morgan fingerprint density at radius 1 is 1.47 bits per heavy atom. The minimum Gasteiger partial charge on any atom is -0.359 e. The number of amides is 1. The van der Waals surface area contributed by atoms with Crippen molar-refractivity contribution < 1.29 is 9.32 Å². The lowest BCUT2D eigenvalue weighted by atomic mass is 10.0. The number of hydrogen-bond donors (Lipinski definition) is 0. The molecule has 0 atom stereocenters. The van der Waals surface area contributed by atoms with E-state index in [1.54, 1.807) is 29.2 Å². The summed E-state index contributed by atoms with van der Waals surface area (Å²) >= 11 is 5.91. The number of benzene rings is 1. The fourth-order valence-corrected chi connectivity index (χ4v) is 2.55. The molecule has 1 amide bonds. The number of nitrogens with zero attached hydrogens (tertiary/aromatic N) is 2. The third kappa shape index (κ3) is 2.24. The molecule has 0 saturated carbocycles. The molecule has 0 unspecified atom stereocenters. The second-order valence-electron chi connectivity index (χ2n) is 4.66. The highest BCUT2D eigenvalue weighted by atomic mass is 35.5. The number of carbonyl (C=O) groups excluding carboxylic acids is 1. The minimum atomic E-state index is -0.0257. The normalized spacial score (nSPS) is 14.3. The van der Waals surface area contributed by atoms with Crippen molar-refractivity contribution in [1.29, 1.82) is 0 Å². The predicted octanol–water partition coefficient (Wildman–Crippen LogP) is 2.83. The molecule has 5 heteroatoms. The van der Waals surface area contributed by atoms with Gasteiger partial charge in [-0.1, -0.05) is 22.8 Å². The molecule has 1 aromatic heterocycles. The van der Waals surface area contributed by atoms with Crippen molar-refractivity contribution in [3.63, 3.8) is 0 Å². The fourth-order valence-electron chi connectivity index (χ4n) is 2.36. The van der Waals surface area contributed by atoms with Crippen LogP contribution in [0.1, 0.15) is 27.4 Å². The topological polar surface area (TPSA) is 46.3 Å². The zero-order chi connectivity index (χ0) is 13.4. The summed E-state index contributed by atoms with van der Waals surface area (Å²) in [6, 6.07) is 7.00. The lowest BCUT2D eigenvalue weighted by molar-refractivity contribution is 0.0716. The molecule has 0 radical (unpaired) electrons. The lowest BCUT2D eigenvalue weighted by Gasteiger charge is -2.25. The van der Waals surface area contributed by atoms with Crippen molar-refractivity contribution in [1.82, 2.24) is 10.1 Å². The third-order valence-corrected chi connectivity index (χ3v) is 3.63. The molecule has 98 valence electrons. The van der Waals surface area contributed by atoms with Gasteiger partial charge in [0.05, 0.1) is 12.2 Å². The average molecular weight is 277 g/mol. The molecule has 0 aliphatic carbocycles. The van der Waals surface area contributed by atoms with Crippen LogP contribution in [0.15, 0.2) is 28.8 Å². The Kier molecular flexibility index (Phi) is 3.03. The van der Waals surface area contributed by atoms with Crippen LogP contribution in [0.4, 0.5) is 0 Å². The SMILES string of the molecule is Cc1noc2c1CCN(C(=O)c1cccc(Cl)c1)C2. The van der Waals surface area contributed by atoms with Crippen LogP contribution in [-0.2, 0) is 13.0 Å². The van der Waals surface area contributed by atoms with E-state index >= 15 is 0 Å². The summed E-state index contributed by atoms with van der Waals surface area (Å²) in [6.45, 7) is 3.08. The Bertz CT molecular complexity index is 636. The minimum absolute atomic E-state index is 0.0257. The van der Waals surface area contributed by atoms with Crippen LogP contribution in [0.3, 0.4) is 0 Å². The van der Waals surface area contributed by atoms with Gasteiger partial charge in [-0.3, -0.25) is 4.79 Å². The molecular weight excluding hydrogens is 264 g/mol. The predicted molar refractivity (Wildman–Crippen MR) is 71.1 cm³/mol. The first-order chi connectivity index (χ1) is 9.15. The number of halogens is 1. The third-order valence-electron chi connectivity index (χ3n) is 3.39. The molecule has 0 spiro atoms. The van der Waals surface area contributed by atoms with Crippen LogP contribution in [0, 0.1) is 6.92 Å². The van der Waals surface area contributed by atoms with Crippen LogP contribution in [-0.4, -0.2) is 22.5 Å². The largest absolute Gasteiger partial charge is 0.359 e. The first kappa shape index (κ1) is 12.2. The summed E-state index contributed by atoms with van der Waals surface area (Å²) in [5, 5.41) is 4.51. The van der Waals surface area contributed by atoms with Gasteiger partial charge in [0.25, 0.3) is 5.91 Å². The van der Waals surface area contributed by atoms with Gasteiger partial charge in [0.15, 0.2) is 5.76 Å². The van der Waals surface area contributed by atoms with Crippen LogP contribution in [0.5, 0.6) is 0 Å². The highest BCUT2D eigenvalue weighted by Crippen LogP contribution is 2.23. The van der Waals surface area contributed by atoms with E-state index < -0.39 is 0 Å². The Labute approximate surface area is 115 Å². The van der Waals surface area contributed by atoms with Gasteiger partial charge in [-0.15, -0.1) is 0 Å². The molecule has 0 fully saturated rings. The summed E-state index contributed by atoms with van der Waals surface area (Å²) < 4.78 is 5.26. The zero-order valence-corrected chi connectivity index (χ0v) is 11.3. The molecule has 1 aliphatic rings. The highest BCUT2D eigenvalue weighted by Gasteiger charge is 2.26. The molecule has 3 rings (SSSR count). The van der Waals surface area contributed by atoms with E-state index in [0.717, 1.165) is 23.4 Å². The highest BCUT2D eigenvalue weighted by molar-refractivity contribution is 6.30. The van der Waals surface area contributed by atoms with Crippen molar-refractivity contribution in [2.24, 2.45) is 0 Å². The van der Waals surface area contributed by atoms with Crippen molar-refractivity contribution in [2.45, 2.75) is 19.9 Å². The molecule has 19 heavy (non-hydrogen) atoms. The Balaban J connectivity index is 1.83. The summed E-state index contributed by atoms with van der Waals surface area (Å²) in [5.41, 5.74) is 2.66. The van der Waals surface area contributed by atoms with Crippen molar-refractivity contribution in [3.8, 4) is 0 Å². The maximum atomic E-state index is 12.4. The lowest BCUT2D eigenvalue weighted by Crippen LogP contribution is -2.35. The monoisotopic (exact) mass is 276 g/mol. The first-order valence-electron chi connectivity index (χ1n) is 6.14. The van der Waals surface area contributed by atoms with Gasteiger partial charge in [0.1, 0.15) is 0 Å². The van der Waals surface area contributed by atoms with Crippen molar-refractivity contribution in [2.75, 3.05) is 6.54 Å². The quantitative estimate of drug-likeness (QED) is 0.805. The molecule has 0 saturated heterocycles. The second-order valence-corrected chi connectivity index (χ2v) is 5.09. The van der Waals surface area contributed by atoms with E-state index in [2.05, 4.69) is 5.16 Å². The summed E-state index contributed by atoms with van der Waals surface area (Å²) in [4.78, 5) is 14.1. The molecule has 2 aromatic rings. The molecule has 2 heterocycles. The summed E-state index contributed by atoms with van der Waals surface area (Å²) in [5.74, 6) is 0.765. The zero-order valence-electron chi connectivity index (χ0n) is 10.5. The van der Waals surface area contributed by atoms with Gasteiger partial charge < -0.3 is 9.42 Å². The standard InChI is InChI=1S/C14H13ClN2O2/c1-9-12-5-6-17(8-13(12)19-16-9)14(18)10-3-2-4-11(15)7-10/h2-4,7H,5-6,8H2,1H3. The van der Waals surface area contributed by atoms with E-state index in [1.165, 1.54) is 0 Å². The Morgan fingerprint density at radius 3 is 3.11 bits per heavy atom. The van der Waals surface area contributed by atoms with Crippen molar-refractivity contribution >= 4 is 17.5 Å². The van der Waals surface area contributed by atoms with E-state index in [9.17, 15) is 4.79 Å².